The molecular weight excluding hydrogens is 464 g/mol. The molecule has 2 aromatic heterocycles. The molecule has 0 N–H and O–H groups in total. The second-order valence-electron chi connectivity index (χ2n) is 6.69. The molecule has 0 spiro atoms. The summed E-state index contributed by atoms with van der Waals surface area (Å²) in [7, 11) is 0. The van der Waals surface area contributed by atoms with Crippen LogP contribution in [-0.2, 0) is 0 Å². The molecule has 0 saturated heterocycles. The van der Waals surface area contributed by atoms with Gasteiger partial charge in [-0.3, -0.25) is 9.36 Å². The second-order valence-corrected chi connectivity index (χ2v) is 8.04. The number of hydrogen-bond donors (Lipinski definition) is 0. The van der Waals surface area contributed by atoms with E-state index in [2.05, 4.69) is 21.0 Å². The molecule has 0 saturated carbocycles. The van der Waals surface area contributed by atoms with E-state index < -0.39 is 0 Å². The van der Waals surface area contributed by atoms with Crippen LogP contribution in [0.25, 0.3) is 33.8 Å². The monoisotopic (exact) mass is 476 g/mol. The van der Waals surface area contributed by atoms with Crippen LogP contribution in [0.2, 0.25) is 5.02 Å². The molecule has 0 atom stereocenters. The van der Waals surface area contributed by atoms with Gasteiger partial charge in [0.15, 0.2) is 5.65 Å². The standard InChI is InChI=1S/C23H14BrClN4O/c24-16-9-11-18(12-10-16)28-21(15-5-4-6-17(25)13-15)27-22-20(23(28)30)14-26-29(22)19-7-2-1-3-8-19/h1-14H. The molecule has 0 fully saturated rings. The second kappa shape index (κ2) is 7.55. The van der Waals surface area contributed by atoms with E-state index in [1.807, 2.05) is 66.7 Å². The number of benzene rings is 3. The zero-order valence-corrected chi connectivity index (χ0v) is 17.9. The summed E-state index contributed by atoms with van der Waals surface area (Å²) in [5.74, 6) is 0.495. The summed E-state index contributed by atoms with van der Waals surface area (Å²) < 4.78 is 4.20. The van der Waals surface area contributed by atoms with E-state index >= 15 is 0 Å². The SMILES string of the molecule is O=c1c2cnn(-c3ccccc3)c2nc(-c2cccc(Cl)c2)n1-c1ccc(Br)cc1. The van der Waals surface area contributed by atoms with Gasteiger partial charge in [0.1, 0.15) is 11.2 Å². The molecule has 5 rings (SSSR count). The minimum atomic E-state index is -0.195. The third-order valence-electron chi connectivity index (χ3n) is 4.77. The largest absolute Gasteiger partial charge is 0.269 e. The Morgan fingerprint density at radius 1 is 0.867 bits per heavy atom. The average molecular weight is 478 g/mol. The van der Waals surface area contributed by atoms with E-state index in [0.717, 1.165) is 15.7 Å². The van der Waals surface area contributed by atoms with Gasteiger partial charge < -0.3 is 0 Å². The van der Waals surface area contributed by atoms with Crippen LogP contribution in [0, 0.1) is 0 Å². The van der Waals surface area contributed by atoms with Crippen molar-refractivity contribution in [3.63, 3.8) is 0 Å². The highest BCUT2D eigenvalue weighted by molar-refractivity contribution is 9.10. The van der Waals surface area contributed by atoms with Crippen LogP contribution in [-0.4, -0.2) is 19.3 Å². The first-order valence-electron chi connectivity index (χ1n) is 9.20. The lowest BCUT2D eigenvalue weighted by molar-refractivity contribution is 0.888. The van der Waals surface area contributed by atoms with Crippen molar-refractivity contribution >= 4 is 38.6 Å². The van der Waals surface area contributed by atoms with E-state index in [4.69, 9.17) is 16.6 Å². The number of rotatable bonds is 3. The molecule has 2 heterocycles. The van der Waals surface area contributed by atoms with Gasteiger partial charge in [0.05, 0.1) is 17.6 Å². The predicted molar refractivity (Wildman–Crippen MR) is 123 cm³/mol. The van der Waals surface area contributed by atoms with Crippen LogP contribution in [0.15, 0.2) is 94.3 Å². The van der Waals surface area contributed by atoms with Crippen molar-refractivity contribution in [1.82, 2.24) is 19.3 Å². The molecule has 5 nitrogen and oxygen atoms in total. The molecule has 0 aliphatic carbocycles. The maximum atomic E-state index is 13.6. The van der Waals surface area contributed by atoms with Gasteiger partial charge in [0.25, 0.3) is 5.56 Å². The lowest BCUT2D eigenvalue weighted by Gasteiger charge is -2.14. The Morgan fingerprint density at radius 3 is 2.37 bits per heavy atom. The van der Waals surface area contributed by atoms with Gasteiger partial charge in [-0.05, 0) is 48.5 Å². The van der Waals surface area contributed by atoms with Crippen LogP contribution in [0.3, 0.4) is 0 Å². The van der Waals surface area contributed by atoms with Gasteiger partial charge in [-0.2, -0.15) is 5.10 Å². The van der Waals surface area contributed by atoms with E-state index in [1.165, 1.54) is 0 Å². The summed E-state index contributed by atoms with van der Waals surface area (Å²) in [6, 6.07) is 24.5. The van der Waals surface area contributed by atoms with Gasteiger partial charge in [-0.1, -0.05) is 57.9 Å². The maximum Gasteiger partial charge on any atom is 0.269 e. The quantitative estimate of drug-likeness (QED) is 0.337. The molecule has 146 valence electrons. The molecule has 7 heteroatoms. The molecule has 5 aromatic rings. The Morgan fingerprint density at radius 2 is 1.63 bits per heavy atom. The molecule has 0 radical (unpaired) electrons. The summed E-state index contributed by atoms with van der Waals surface area (Å²) in [5, 5.41) is 5.44. The van der Waals surface area contributed by atoms with Crippen molar-refractivity contribution in [2.75, 3.05) is 0 Å². The molecule has 0 aliphatic heterocycles. The topological polar surface area (TPSA) is 52.7 Å². The third kappa shape index (κ3) is 3.24. The van der Waals surface area contributed by atoms with Gasteiger partial charge in [-0.25, -0.2) is 9.67 Å². The van der Waals surface area contributed by atoms with Crippen LogP contribution in [0.5, 0.6) is 0 Å². The third-order valence-corrected chi connectivity index (χ3v) is 5.53. The summed E-state index contributed by atoms with van der Waals surface area (Å²) in [5.41, 5.74) is 2.58. The Labute approximate surface area is 185 Å². The van der Waals surface area contributed by atoms with E-state index in [-0.39, 0.29) is 5.56 Å². The highest BCUT2D eigenvalue weighted by atomic mass is 79.9. The average Bonchev–Trinajstić information content (AvgIpc) is 3.20. The highest BCUT2D eigenvalue weighted by Crippen LogP contribution is 2.26. The van der Waals surface area contributed by atoms with Gasteiger partial charge in [0.2, 0.25) is 0 Å². The lowest BCUT2D eigenvalue weighted by Crippen LogP contribution is -2.22. The maximum absolute atomic E-state index is 13.6. The minimum absolute atomic E-state index is 0.195. The van der Waals surface area contributed by atoms with Gasteiger partial charge >= 0.3 is 0 Å². The number of para-hydroxylation sites is 1. The smallest absolute Gasteiger partial charge is 0.268 e. The molecule has 0 unspecified atom stereocenters. The van der Waals surface area contributed by atoms with Crippen molar-refractivity contribution < 1.29 is 0 Å². The Kier molecular flexibility index (Phi) is 4.73. The highest BCUT2D eigenvalue weighted by Gasteiger charge is 2.18. The van der Waals surface area contributed by atoms with Crippen molar-refractivity contribution in [3.8, 4) is 22.8 Å². The van der Waals surface area contributed by atoms with E-state index in [0.29, 0.717) is 27.6 Å². The van der Waals surface area contributed by atoms with Crippen LogP contribution < -0.4 is 5.56 Å². The number of nitrogens with zero attached hydrogens (tertiary/aromatic N) is 4. The van der Waals surface area contributed by atoms with Crippen LogP contribution in [0.4, 0.5) is 0 Å². The number of fused-ring (bicyclic) bond motifs is 1. The van der Waals surface area contributed by atoms with Crippen molar-refractivity contribution in [3.05, 3.63) is 105 Å². The van der Waals surface area contributed by atoms with Crippen molar-refractivity contribution in [2.24, 2.45) is 0 Å². The molecule has 0 bridgehead atoms. The van der Waals surface area contributed by atoms with Gasteiger partial charge in [0, 0.05) is 15.1 Å². The number of hydrogen-bond acceptors (Lipinski definition) is 3. The fourth-order valence-corrected chi connectivity index (χ4v) is 3.83. The first kappa shape index (κ1) is 18.8. The van der Waals surface area contributed by atoms with Crippen molar-refractivity contribution in [2.45, 2.75) is 0 Å². The van der Waals surface area contributed by atoms with Gasteiger partial charge in [-0.15, -0.1) is 0 Å². The Bertz CT molecular complexity index is 1430. The molecular formula is C23H14BrClN4O. The minimum Gasteiger partial charge on any atom is -0.268 e. The first-order valence-corrected chi connectivity index (χ1v) is 10.4. The zero-order chi connectivity index (χ0) is 20.7. The van der Waals surface area contributed by atoms with Crippen LogP contribution in [0.1, 0.15) is 0 Å². The van der Waals surface area contributed by atoms with E-state index in [9.17, 15) is 4.79 Å². The number of aromatic nitrogens is 4. The fourth-order valence-electron chi connectivity index (χ4n) is 3.38. The predicted octanol–water partition coefficient (Wildman–Crippen LogP) is 5.65. The molecule has 0 aliphatic rings. The summed E-state index contributed by atoms with van der Waals surface area (Å²) in [4.78, 5) is 18.4. The molecule has 0 amide bonds. The summed E-state index contributed by atoms with van der Waals surface area (Å²) in [6.07, 6.45) is 1.56. The number of halogens is 2. The fraction of sp³-hybridized carbons (Fsp3) is 0. The molecule has 30 heavy (non-hydrogen) atoms. The summed E-state index contributed by atoms with van der Waals surface area (Å²) >= 11 is 9.68. The zero-order valence-electron chi connectivity index (χ0n) is 15.5. The van der Waals surface area contributed by atoms with E-state index in [1.54, 1.807) is 27.6 Å². The molecule has 3 aromatic carbocycles. The normalized spacial score (nSPS) is 11.1. The Balaban J connectivity index is 1.86. The first-order chi connectivity index (χ1) is 14.6. The summed E-state index contributed by atoms with van der Waals surface area (Å²) in [6.45, 7) is 0. The van der Waals surface area contributed by atoms with Crippen molar-refractivity contribution in [1.29, 1.82) is 0 Å². The lowest BCUT2D eigenvalue weighted by atomic mass is 10.2. The van der Waals surface area contributed by atoms with Crippen LogP contribution >= 0.6 is 27.5 Å². The Hall–Kier alpha value is -3.22.